The molecule has 0 amide bonds. The molecule has 0 spiro atoms. The van der Waals surface area contributed by atoms with Crippen LogP contribution in [0.1, 0.15) is 17.7 Å². The second-order valence-electron chi connectivity index (χ2n) is 3.99. The van der Waals surface area contributed by atoms with Gasteiger partial charge in [0.25, 0.3) is 0 Å². The minimum Gasteiger partial charge on any atom is -0.383 e. The van der Waals surface area contributed by atoms with Crippen LogP contribution in [0.25, 0.3) is 0 Å². The molecule has 1 unspecified atom stereocenters. The van der Waals surface area contributed by atoms with Crippen LogP contribution in [0.15, 0.2) is 12.1 Å². The standard InChI is InChI=1S/C11H16ClNOS/c1-14-7-10(8-2-3-8)13-6-9-4-5-11(12)15-9/h4-5,8,10,13H,2-3,6-7H2,1H3. The van der Waals surface area contributed by atoms with Gasteiger partial charge in [-0.3, -0.25) is 0 Å². The van der Waals surface area contributed by atoms with Crippen molar-refractivity contribution in [2.45, 2.75) is 25.4 Å². The average Bonchev–Trinajstić information content (AvgIpc) is 2.97. The van der Waals surface area contributed by atoms with Crippen LogP contribution in [0, 0.1) is 5.92 Å². The lowest BCUT2D eigenvalue weighted by molar-refractivity contribution is 0.157. The van der Waals surface area contributed by atoms with E-state index in [1.54, 1.807) is 18.4 Å². The van der Waals surface area contributed by atoms with E-state index in [-0.39, 0.29) is 0 Å². The molecule has 1 fully saturated rings. The van der Waals surface area contributed by atoms with Crippen LogP contribution in [-0.4, -0.2) is 19.8 Å². The van der Waals surface area contributed by atoms with Gasteiger partial charge in [0.15, 0.2) is 0 Å². The van der Waals surface area contributed by atoms with E-state index in [1.165, 1.54) is 17.7 Å². The molecule has 1 aliphatic carbocycles. The zero-order valence-corrected chi connectivity index (χ0v) is 10.4. The lowest BCUT2D eigenvalue weighted by atomic mass is 10.2. The number of thiophene rings is 1. The van der Waals surface area contributed by atoms with E-state index in [9.17, 15) is 0 Å². The van der Waals surface area contributed by atoms with Crippen LogP contribution in [0.3, 0.4) is 0 Å². The van der Waals surface area contributed by atoms with Gasteiger partial charge in [-0.2, -0.15) is 0 Å². The monoisotopic (exact) mass is 245 g/mol. The highest BCUT2D eigenvalue weighted by Crippen LogP contribution is 2.33. The number of hydrogen-bond donors (Lipinski definition) is 1. The molecule has 0 bridgehead atoms. The van der Waals surface area contributed by atoms with E-state index >= 15 is 0 Å². The number of nitrogens with one attached hydrogen (secondary N) is 1. The maximum absolute atomic E-state index is 5.88. The van der Waals surface area contributed by atoms with Gasteiger partial charge in [0, 0.05) is 24.6 Å². The SMILES string of the molecule is COCC(NCc1ccc(Cl)s1)C1CC1. The Morgan fingerprint density at radius 2 is 2.40 bits per heavy atom. The van der Waals surface area contributed by atoms with Crippen LogP contribution in [0.2, 0.25) is 4.34 Å². The van der Waals surface area contributed by atoms with Gasteiger partial charge in [-0.1, -0.05) is 11.6 Å². The topological polar surface area (TPSA) is 21.3 Å². The fourth-order valence-electron chi connectivity index (χ4n) is 1.72. The Balaban J connectivity index is 1.79. The van der Waals surface area contributed by atoms with Gasteiger partial charge in [-0.15, -0.1) is 11.3 Å². The summed E-state index contributed by atoms with van der Waals surface area (Å²) in [5.41, 5.74) is 0. The van der Waals surface area contributed by atoms with Crippen molar-refractivity contribution in [2.24, 2.45) is 5.92 Å². The Morgan fingerprint density at radius 3 is 2.93 bits per heavy atom. The first-order chi connectivity index (χ1) is 7.29. The molecule has 1 aliphatic rings. The fraction of sp³-hybridized carbons (Fsp3) is 0.636. The first-order valence-electron chi connectivity index (χ1n) is 5.26. The molecule has 1 N–H and O–H groups in total. The van der Waals surface area contributed by atoms with E-state index in [0.29, 0.717) is 6.04 Å². The van der Waals surface area contributed by atoms with E-state index in [4.69, 9.17) is 16.3 Å². The second kappa shape index (κ2) is 5.30. The number of ether oxygens (including phenoxy) is 1. The lowest BCUT2D eigenvalue weighted by Crippen LogP contribution is -2.34. The molecule has 1 aromatic heterocycles. The molecular formula is C11H16ClNOS. The van der Waals surface area contributed by atoms with E-state index < -0.39 is 0 Å². The Hall–Kier alpha value is -0.0900. The normalized spacial score (nSPS) is 18.0. The highest BCUT2D eigenvalue weighted by Gasteiger charge is 2.30. The number of hydrogen-bond acceptors (Lipinski definition) is 3. The highest BCUT2D eigenvalue weighted by molar-refractivity contribution is 7.16. The van der Waals surface area contributed by atoms with Crippen molar-refractivity contribution in [3.63, 3.8) is 0 Å². The molecule has 4 heteroatoms. The summed E-state index contributed by atoms with van der Waals surface area (Å²) in [6.07, 6.45) is 2.68. The van der Waals surface area contributed by atoms with Crippen molar-refractivity contribution in [1.29, 1.82) is 0 Å². The third kappa shape index (κ3) is 3.45. The molecule has 0 aromatic carbocycles. The van der Waals surface area contributed by atoms with E-state index in [0.717, 1.165) is 23.4 Å². The summed E-state index contributed by atoms with van der Waals surface area (Å²) in [5, 5.41) is 3.54. The summed E-state index contributed by atoms with van der Waals surface area (Å²) in [6.45, 7) is 1.71. The third-order valence-electron chi connectivity index (χ3n) is 2.70. The summed E-state index contributed by atoms with van der Waals surface area (Å²) in [7, 11) is 1.76. The summed E-state index contributed by atoms with van der Waals surface area (Å²) in [5.74, 6) is 0.820. The van der Waals surface area contributed by atoms with Crippen LogP contribution in [0.4, 0.5) is 0 Å². The summed E-state index contributed by atoms with van der Waals surface area (Å²) in [4.78, 5) is 1.29. The van der Waals surface area contributed by atoms with Gasteiger partial charge >= 0.3 is 0 Å². The second-order valence-corrected chi connectivity index (χ2v) is 5.79. The van der Waals surface area contributed by atoms with Crippen LogP contribution in [0.5, 0.6) is 0 Å². The largest absolute Gasteiger partial charge is 0.383 e. The molecule has 2 rings (SSSR count). The molecule has 0 saturated heterocycles. The fourth-order valence-corrected chi connectivity index (χ4v) is 2.76. The predicted octanol–water partition coefficient (Wildman–Crippen LogP) is 2.92. The Bertz CT molecular complexity index is 311. The number of methoxy groups -OCH3 is 1. The van der Waals surface area contributed by atoms with Crippen LogP contribution < -0.4 is 5.32 Å². The zero-order valence-electron chi connectivity index (χ0n) is 8.83. The van der Waals surface area contributed by atoms with Gasteiger partial charge in [-0.25, -0.2) is 0 Å². The molecule has 1 heterocycles. The van der Waals surface area contributed by atoms with Crippen molar-refractivity contribution < 1.29 is 4.74 Å². The van der Waals surface area contributed by atoms with Crippen LogP contribution in [-0.2, 0) is 11.3 Å². The minimum atomic E-state index is 0.510. The molecule has 0 radical (unpaired) electrons. The maximum atomic E-state index is 5.88. The van der Waals surface area contributed by atoms with E-state index in [2.05, 4.69) is 11.4 Å². The molecular weight excluding hydrogens is 230 g/mol. The Morgan fingerprint density at radius 1 is 1.60 bits per heavy atom. The third-order valence-corrected chi connectivity index (χ3v) is 3.94. The first-order valence-corrected chi connectivity index (χ1v) is 6.45. The minimum absolute atomic E-state index is 0.510. The van der Waals surface area contributed by atoms with Crippen LogP contribution >= 0.6 is 22.9 Å². The van der Waals surface area contributed by atoms with Crippen molar-refractivity contribution >= 4 is 22.9 Å². The number of rotatable bonds is 6. The Labute approximate surface area is 99.6 Å². The zero-order chi connectivity index (χ0) is 10.7. The van der Waals surface area contributed by atoms with Crippen molar-refractivity contribution in [3.8, 4) is 0 Å². The van der Waals surface area contributed by atoms with E-state index in [1.807, 2.05) is 6.07 Å². The quantitative estimate of drug-likeness (QED) is 0.832. The van der Waals surface area contributed by atoms with Crippen molar-refractivity contribution in [1.82, 2.24) is 5.32 Å². The lowest BCUT2D eigenvalue weighted by Gasteiger charge is -2.16. The van der Waals surface area contributed by atoms with Gasteiger partial charge < -0.3 is 10.1 Å². The van der Waals surface area contributed by atoms with Gasteiger partial charge in [-0.05, 0) is 30.9 Å². The van der Waals surface area contributed by atoms with Gasteiger partial charge in [0.1, 0.15) is 0 Å². The molecule has 1 saturated carbocycles. The highest BCUT2D eigenvalue weighted by atomic mass is 35.5. The van der Waals surface area contributed by atoms with Crippen molar-refractivity contribution in [2.75, 3.05) is 13.7 Å². The summed E-state index contributed by atoms with van der Waals surface area (Å²) < 4.78 is 6.08. The summed E-state index contributed by atoms with van der Waals surface area (Å²) in [6, 6.07) is 4.54. The van der Waals surface area contributed by atoms with Gasteiger partial charge in [0.2, 0.25) is 0 Å². The first kappa shape index (κ1) is 11.4. The Kier molecular flexibility index (Phi) is 4.03. The summed E-state index contributed by atoms with van der Waals surface area (Å²) >= 11 is 7.52. The molecule has 15 heavy (non-hydrogen) atoms. The smallest absolute Gasteiger partial charge is 0.0931 e. The predicted molar refractivity (Wildman–Crippen MR) is 64.6 cm³/mol. The molecule has 1 aromatic rings. The maximum Gasteiger partial charge on any atom is 0.0931 e. The molecule has 0 aliphatic heterocycles. The average molecular weight is 246 g/mol. The molecule has 84 valence electrons. The molecule has 1 atom stereocenters. The number of halogens is 1. The molecule has 2 nitrogen and oxygen atoms in total. The van der Waals surface area contributed by atoms with Crippen molar-refractivity contribution in [3.05, 3.63) is 21.3 Å². The van der Waals surface area contributed by atoms with Gasteiger partial charge in [0.05, 0.1) is 10.9 Å².